The Morgan fingerprint density at radius 3 is 2.65 bits per heavy atom. The van der Waals surface area contributed by atoms with Gasteiger partial charge in [-0.15, -0.1) is 0 Å². The maximum absolute atomic E-state index is 12.9. The SMILES string of the molecule is O=C(c1ccsc1)N1CC[C@@H](O)[C@]2(CCCN(C(=O)C3CC=CC3)C2)C1. The van der Waals surface area contributed by atoms with Crippen molar-refractivity contribution in [3.8, 4) is 0 Å². The number of carbonyl (C=O) groups excluding carboxylic acids is 2. The van der Waals surface area contributed by atoms with Crippen molar-refractivity contribution in [3.63, 3.8) is 0 Å². The molecule has 2 saturated heterocycles. The number of hydrogen-bond donors (Lipinski definition) is 1. The van der Waals surface area contributed by atoms with E-state index in [9.17, 15) is 14.7 Å². The number of hydrogen-bond acceptors (Lipinski definition) is 4. The molecule has 1 aromatic rings. The van der Waals surface area contributed by atoms with E-state index in [1.165, 1.54) is 11.3 Å². The molecule has 1 spiro atoms. The van der Waals surface area contributed by atoms with E-state index < -0.39 is 6.10 Å². The monoisotopic (exact) mass is 374 g/mol. The molecular formula is C20H26N2O3S. The minimum atomic E-state index is -0.452. The van der Waals surface area contributed by atoms with Gasteiger partial charge in [0.05, 0.1) is 11.7 Å². The highest BCUT2D eigenvalue weighted by molar-refractivity contribution is 7.08. The molecule has 1 aliphatic carbocycles. The molecule has 2 aliphatic heterocycles. The summed E-state index contributed by atoms with van der Waals surface area (Å²) in [4.78, 5) is 29.5. The second kappa shape index (κ2) is 7.16. The minimum absolute atomic E-state index is 0.0426. The van der Waals surface area contributed by atoms with Crippen molar-refractivity contribution in [2.24, 2.45) is 11.3 Å². The van der Waals surface area contributed by atoms with Crippen molar-refractivity contribution < 1.29 is 14.7 Å². The Bertz CT molecular complexity index is 694. The second-order valence-electron chi connectivity index (χ2n) is 7.91. The maximum atomic E-state index is 12.9. The summed E-state index contributed by atoms with van der Waals surface area (Å²) in [5, 5.41) is 14.6. The summed E-state index contributed by atoms with van der Waals surface area (Å²) < 4.78 is 0. The quantitative estimate of drug-likeness (QED) is 0.809. The largest absolute Gasteiger partial charge is 0.392 e. The molecule has 1 aromatic heterocycles. The smallest absolute Gasteiger partial charge is 0.254 e. The second-order valence-corrected chi connectivity index (χ2v) is 8.69. The van der Waals surface area contributed by atoms with Crippen LogP contribution in [0.3, 0.4) is 0 Å². The molecule has 2 fully saturated rings. The van der Waals surface area contributed by atoms with Gasteiger partial charge in [0.15, 0.2) is 0 Å². The summed E-state index contributed by atoms with van der Waals surface area (Å²) in [7, 11) is 0. The van der Waals surface area contributed by atoms with E-state index in [0.717, 1.165) is 37.8 Å². The highest BCUT2D eigenvalue weighted by Gasteiger charge is 2.47. The summed E-state index contributed by atoms with van der Waals surface area (Å²) in [5.41, 5.74) is 0.339. The molecule has 5 nitrogen and oxygen atoms in total. The molecule has 4 rings (SSSR count). The van der Waals surface area contributed by atoms with Crippen LogP contribution in [0, 0.1) is 11.3 Å². The number of piperidine rings is 2. The van der Waals surface area contributed by atoms with Gasteiger partial charge >= 0.3 is 0 Å². The molecule has 0 bridgehead atoms. The number of carbonyl (C=O) groups is 2. The standard InChI is InChI=1S/C20H26N2O3S/c23-17-6-10-22(19(25)16-7-11-26-12-16)14-20(17)8-3-9-21(13-20)18(24)15-4-1-2-5-15/h1-2,7,11-12,15,17,23H,3-6,8-10,13-14H2/t17-,20+/m1/s1. The Kier molecular flexibility index (Phi) is 4.88. The normalized spacial score (nSPS) is 29.5. The first-order valence-corrected chi connectivity index (χ1v) is 10.5. The average Bonchev–Trinajstić information content (AvgIpc) is 3.37. The Hall–Kier alpha value is -1.66. The zero-order valence-electron chi connectivity index (χ0n) is 15.0. The molecule has 2 amide bonds. The van der Waals surface area contributed by atoms with Crippen LogP contribution in [-0.4, -0.2) is 59.0 Å². The van der Waals surface area contributed by atoms with Crippen molar-refractivity contribution in [2.75, 3.05) is 26.2 Å². The van der Waals surface area contributed by atoms with Crippen molar-refractivity contribution >= 4 is 23.2 Å². The highest BCUT2D eigenvalue weighted by Crippen LogP contribution is 2.40. The van der Waals surface area contributed by atoms with Gasteiger partial charge in [0.2, 0.25) is 5.91 Å². The van der Waals surface area contributed by atoms with Crippen LogP contribution in [0.15, 0.2) is 29.0 Å². The maximum Gasteiger partial charge on any atom is 0.254 e. The molecule has 0 unspecified atom stereocenters. The van der Waals surface area contributed by atoms with Gasteiger partial charge < -0.3 is 14.9 Å². The molecule has 140 valence electrons. The molecule has 2 atom stereocenters. The van der Waals surface area contributed by atoms with Crippen LogP contribution < -0.4 is 0 Å². The van der Waals surface area contributed by atoms with E-state index in [4.69, 9.17) is 0 Å². The predicted molar refractivity (Wildman–Crippen MR) is 101 cm³/mol. The lowest BCUT2D eigenvalue weighted by atomic mass is 9.71. The predicted octanol–water partition coefficient (Wildman–Crippen LogP) is 2.53. The Labute approximate surface area is 158 Å². The summed E-state index contributed by atoms with van der Waals surface area (Å²) in [5.74, 6) is 0.318. The van der Waals surface area contributed by atoms with Gasteiger partial charge in [-0.1, -0.05) is 12.2 Å². The van der Waals surface area contributed by atoms with Crippen LogP contribution in [0.4, 0.5) is 0 Å². The third kappa shape index (κ3) is 3.21. The number of rotatable bonds is 2. The summed E-state index contributed by atoms with van der Waals surface area (Å²) in [6.45, 7) is 2.45. The summed E-state index contributed by atoms with van der Waals surface area (Å²) in [6.07, 6.45) is 7.71. The van der Waals surface area contributed by atoms with Gasteiger partial charge in [-0.25, -0.2) is 0 Å². The molecule has 26 heavy (non-hydrogen) atoms. The Morgan fingerprint density at radius 1 is 1.15 bits per heavy atom. The Morgan fingerprint density at radius 2 is 1.92 bits per heavy atom. The summed E-state index contributed by atoms with van der Waals surface area (Å²) in [6, 6.07) is 1.86. The van der Waals surface area contributed by atoms with Crippen LogP contribution in [0.5, 0.6) is 0 Å². The molecule has 0 radical (unpaired) electrons. The van der Waals surface area contributed by atoms with Crippen molar-refractivity contribution in [3.05, 3.63) is 34.5 Å². The molecular weight excluding hydrogens is 348 g/mol. The van der Waals surface area contributed by atoms with E-state index in [1.807, 2.05) is 26.6 Å². The van der Waals surface area contributed by atoms with Crippen molar-refractivity contribution in [2.45, 2.75) is 38.2 Å². The van der Waals surface area contributed by atoms with Gasteiger partial charge in [0, 0.05) is 42.9 Å². The number of amides is 2. The third-order valence-corrected chi connectivity index (χ3v) is 6.90. The highest BCUT2D eigenvalue weighted by atomic mass is 32.1. The Balaban J connectivity index is 1.49. The first kappa shape index (κ1) is 17.7. The van der Waals surface area contributed by atoms with E-state index in [1.54, 1.807) is 0 Å². The topological polar surface area (TPSA) is 60.9 Å². The number of aliphatic hydroxyl groups is 1. The fourth-order valence-electron chi connectivity index (χ4n) is 4.72. The van der Waals surface area contributed by atoms with E-state index >= 15 is 0 Å². The van der Waals surface area contributed by atoms with Gasteiger partial charge in [-0.05, 0) is 43.6 Å². The molecule has 1 N–H and O–H groups in total. The fourth-order valence-corrected chi connectivity index (χ4v) is 5.35. The fraction of sp³-hybridized carbons (Fsp3) is 0.600. The lowest BCUT2D eigenvalue weighted by Gasteiger charge is -2.51. The van der Waals surface area contributed by atoms with E-state index in [0.29, 0.717) is 26.1 Å². The van der Waals surface area contributed by atoms with Crippen molar-refractivity contribution in [1.29, 1.82) is 0 Å². The number of nitrogens with zero attached hydrogens (tertiary/aromatic N) is 2. The number of likely N-dealkylation sites (tertiary alicyclic amines) is 2. The van der Waals surface area contributed by atoms with E-state index in [2.05, 4.69) is 12.2 Å². The zero-order valence-corrected chi connectivity index (χ0v) is 15.8. The third-order valence-electron chi connectivity index (χ3n) is 6.22. The van der Waals surface area contributed by atoms with Crippen LogP contribution >= 0.6 is 11.3 Å². The molecule has 3 aliphatic rings. The number of aliphatic hydroxyl groups excluding tert-OH is 1. The van der Waals surface area contributed by atoms with Gasteiger partial charge in [0.1, 0.15) is 0 Å². The first-order valence-electron chi connectivity index (χ1n) is 9.52. The first-order chi connectivity index (χ1) is 12.6. The average molecular weight is 375 g/mol. The number of thiophene rings is 1. The molecule has 0 saturated carbocycles. The lowest BCUT2D eigenvalue weighted by molar-refractivity contribution is -0.144. The minimum Gasteiger partial charge on any atom is -0.392 e. The zero-order chi connectivity index (χ0) is 18.1. The van der Waals surface area contributed by atoms with Gasteiger partial charge in [-0.2, -0.15) is 11.3 Å². The van der Waals surface area contributed by atoms with Crippen LogP contribution in [0.1, 0.15) is 42.5 Å². The van der Waals surface area contributed by atoms with E-state index in [-0.39, 0.29) is 23.1 Å². The van der Waals surface area contributed by atoms with Crippen LogP contribution in [-0.2, 0) is 4.79 Å². The van der Waals surface area contributed by atoms with Crippen molar-refractivity contribution in [1.82, 2.24) is 9.80 Å². The van der Waals surface area contributed by atoms with Crippen LogP contribution in [0.25, 0.3) is 0 Å². The lowest BCUT2D eigenvalue weighted by Crippen LogP contribution is -2.61. The molecule has 6 heteroatoms. The van der Waals surface area contributed by atoms with Gasteiger partial charge in [-0.3, -0.25) is 9.59 Å². The summed E-state index contributed by atoms with van der Waals surface area (Å²) >= 11 is 1.52. The van der Waals surface area contributed by atoms with Crippen LogP contribution in [0.2, 0.25) is 0 Å². The molecule has 0 aromatic carbocycles. The number of allylic oxidation sites excluding steroid dienone is 2. The molecule has 3 heterocycles. The van der Waals surface area contributed by atoms with Gasteiger partial charge in [0.25, 0.3) is 5.91 Å².